The zero-order chi connectivity index (χ0) is 11.3. The fourth-order valence-corrected chi connectivity index (χ4v) is 3.05. The summed E-state index contributed by atoms with van der Waals surface area (Å²) in [6.45, 7) is 3.61. The average molecular weight is 218 g/mol. The van der Waals surface area contributed by atoms with Crippen molar-refractivity contribution in [1.29, 1.82) is 0 Å². The van der Waals surface area contributed by atoms with Gasteiger partial charge in [-0.2, -0.15) is 0 Å². The summed E-state index contributed by atoms with van der Waals surface area (Å²) in [5, 5.41) is 0. The van der Waals surface area contributed by atoms with Crippen molar-refractivity contribution in [2.45, 2.75) is 46.0 Å². The number of alkyl halides is 2. The van der Waals surface area contributed by atoms with Gasteiger partial charge in [-0.3, -0.25) is 8.78 Å². The van der Waals surface area contributed by atoms with E-state index >= 15 is 0 Å². The summed E-state index contributed by atoms with van der Waals surface area (Å²) in [5.41, 5.74) is 0. The van der Waals surface area contributed by atoms with Gasteiger partial charge in [0.25, 0.3) is 0 Å². The first-order valence-corrected chi connectivity index (χ1v) is 6.34. The van der Waals surface area contributed by atoms with E-state index in [1.165, 1.54) is 6.42 Å². The highest BCUT2D eigenvalue weighted by atomic mass is 19.1. The molecule has 1 fully saturated rings. The van der Waals surface area contributed by atoms with Crippen molar-refractivity contribution in [2.75, 3.05) is 13.3 Å². The van der Waals surface area contributed by atoms with Gasteiger partial charge in [0.2, 0.25) is 0 Å². The van der Waals surface area contributed by atoms with Gasteiger partial charge in [0.1, 0.15) is 0 Å². The van der Waals surface area contributed by atoms with Gasteiger partial charge in [-0.1, -0.05) is 26.7 Å². The summed E-state index contributed by atoms with van der Waals surface area (Å²) >= 11 is 0. The molecule has 0 radical (unpaired) electrons. The first-order chi connectivity index (χ1) is 7.22. The van der Waals surface area contributed by atoms with Gasteiger partial charge in [-0.25, -0.2) is 0 Å². The van der Waals surface area contributed by atoms with Crippen molar-refractivity contribution in [3.63, 3.8) is 0 Å². The largest absolute Gasteiger partial charge is 0.251 e. The van der Waals surface area contributed by atoms with Crippen molar-refractivity contribution >= 4 is 0 Å². The predicted octanol–water partition coefficient (Wildman–Crippen LogP) is 4.39. The van der Waals surface area contributed by atoms with Crippen LogP contribution in [0.2, 0.25) is 0 Å². The molecule has 1 saturated carbocycles. The molecular weight excluding hydrogens is 194 g/mol. The smallest absolute Gasteiger partial charge is 0.0928 e. The second kappa shape index (κ2) is 6.44. The summed E-state index contributed by atoms with van der Waals surface area (Å²) in [7, 11) is 0. The molecule has 90 valence electrons. The quantitative estimate of drug-likeness (QED) is 0.620. The molecule has 0 bridgehead atoms. The molecule has 0 heterocycles. The van der Waals surface area contributed by atoms with Crippen molar-refractivity contribution in [1.82, 2.24) is 0 Å². The number of rotatable bonds is 6. The molecular formula is C13H24F2. The highest BCUT2D eigenvalue weighted by molar-refractivity contribution is 4.82. The lowest BCUT2D eigenvalue weighted by Gasteiger charge is -2.27. The Morgan fingerprint density at radius 2 is 1.93 bits per heavy atom. The zero-order valence-electron chi connectivity index (χ0n) is 10.0. The summed E-state index contributed by atoms with van der Waals surface area (Å²) in [5.74, 6) is 1.11. The third-order valence-electron chi connectivity index (χ3n) is 3.98. The van der Waals surface area contributed by atoms with Crippen LogP contribution in [0, 0.1) is 23.7 Å². The molecule has 0 N–H and O–H groups in total. The zero-order valence-corrected chi connectivity index (χ0v) is 10.0. The van der Waals surface area contributed by atoms with Crippen molar-refractivity contribution in [3.8, 4) is 0 Å². The first-order valence-electron chi connectivity index (χ1n) is 6.34. The van der Waals surface area contributed by atoms with Crippen LogP contribution in [-0.2, 0) is 0 Å². The molecule has 4 unspecified atom stereocenters. The van der Waals surface area contributed by atoms with Crippen molar-refractivity contribution in [2.24, 2.45) is 23.7 Å². The second-order valence-corrected chi connectivity index (χ2v) is 5.20. The first kappa shape index (κ1) is 12.9. The van der Waals surface area contributed by atoms with Crippen LogP contribution < -0.4 is 0 Å². The van der Waals surface area contributed by atoms with E-state index in [4.69, 9.17) is 0 Å². The van der Waals surface area contributed by atoms with Gasteiger partial charge in [0, 0.05) is 0 Å². The van der Waals surface area contributed by atoms with Gasteiger partial charge in [-0.05, 0) is 42.9 Å². The van der Waals surface area contributed by atoms with Crippen LogP contribution in [0.15, 0.2) is 0 Å². The minimum atomic E-state index is -0.340. The Kier molecular flexibility index (Phi) is 5.55. The predicted molar refractivity (Wildman–Crippen MR) is 60.3 cm³/mol. The monoisotopic (exact) mass is 218 g/mol. The molecule has 0 amide bonds. The van der Waals surface area contributed by atoms with Crippen molar-refractivity contribution < 1.29 is 8.78 Å². The minimum absolute atomic E-state index is 0.0140. The van der Waals surface area contributed by atoms with Gasteiger partial charge in [-0.15, -0.1) is 0 Å². The molecule has 0 aromatic heterocycles. The Morgan fingerprint density at radius 3 is 2.33 bits per heavy atom. The van der Waals surface area contributed by atoms with E-state index < -0.39 is 0 Å². The normalized spacial score (nSPS) is 30.4. The van der Waals surface area contributed by atoms with Gasteiger partial charge in [0.05, 0.1) is 13.3 Å². The Hall–Kier alpha value is -0.140. The SMILES string of the molecule is CCCC(CF)C(CF)C1CCC(C)C1. The molecule has 0 aromatic carbocycles. The summed E-state index contributed by atoms with van der Waals surface area (Å²) in [6.07, 6.45) is 5.22. The third kappa shape index (κ3) is 3.42. The van der Waals surface area contributed by atoms with E-state index in [1.54, 1.807) is 0 Å². The molecule has 1 aliphatic carbocycles. The standard InChI is InChI=1S/C13H24F2/c1-3-4-12(8-14)13(9-15)11-6-5-10(2)7-11/h10-13H,3-9H2,1-2H3. The van der Waals surface area contributed by atoms with E-state index in [2.05, 4.69) is 13.8 Å². The lowest BCUT2D eigenvalue weighted by molar-refractivity contribution is 0.142. The Balaban J connectivity index is 2.52. The van der Waals surface area contributed by atoms with E-state index in [0.29, 0.717) is 11.8 Å². The molecule has 2 heteroatoms. The molecule has 1 aliphatic rings. The van der Waals surface area contributed by atoms with Gasteiger partial charge >= 0.3 is 0 Å². The van der Waals surface area contributed by atoms with Gasteiger partial charge in [0.15, 0.2) is 0 Å². The van der Waals surface area contributed by atoms with Crippen LogP contribution in [0.3, 0.4) is 0 Å². The molecule has 0 aliphatic heterocycles. The fourth-order valence-electron chi connectivity index (χ4n) is 3.05. The lowest BCUT2D eigenvalue weighted by Crippen LogP contribution is -2.25. The summed E-state index contributed by atoms with van der Waals surface area (Å²) in [4.78, 5) is 0. The van der Waals surface area contributed by atoms with E-state index in [0.717, 1.165) is 25.7 Å². The number of halogens is 2. The lowest BCUT2D eigenvalue weighted by atomic mass is 9.79. The second-order valence-electron chi connectivity index (χ2n) is 5.20. The molecule has 15 heavy (non-hydrogen) atoms. The van der Waals surface area contributed by atoms with Crippen molar-refractivity contribution in [3.05, 3.63) is 0 Å². The Bertz CT molecular complexity index is 166. The molecule has 0 spiro atoms. The molecule has 4 atom stereocenters. The molecule has 1 rings (SSSR count). The number of hydrogen-bond acceptors (Lipinski definition) is 0. The Morgan fingerprint density at radius 1 is 1.20 bits per heavy atom. The summed E-state index contributed by atoms with van der Waals surface area (Å²) in [6, 6.07) is 0. The highest BCUT2D eigenvalue weighted by Crippen LogP contribution is 2.40. The topological polar surface area (TPSA) is 0 Å². The van der Waals surface area contributed by atoms with Crippen LogP contribution in [0.25, 0.3) is 0 Å². The van der Waals surface area contributed by atoms with Crippen LogP contribution in [0.5, 0.6) is 0 Å². The number of hydrogen-bond donors (Lipinski definition) is 0. The maximum Gasteiger partial charge on any atom is 0.0928 e. The third-order valence-corrected chi connectivity index (χ3v) is 3.98. The van der Waals surface area contributed by atoms with E-state index in [1.807, 2.05) is 0 Å². The summed E-state index contributed by atoms with van der Waals surface area (Å²) < 4.78 is 25.9. The molecule has 0 aromatic rings. The average Bonchev–Trinajstić information content (AvgIpc) is 2.64. The highest BCUT2D eigenvalue weighted by Gasteiger charge is 2.33. The van der Waals surface area contributed by atoms with Crippen LogP contribution in [0.4, 0.5) is 8.78 Å². The fraction of sp³-hybridized carbons (Fsp3) is 1.00. The molecule has 0 nitrogen and oxygen atoms in total. The molecule has 0 saturated heterocycles. The minimum Gasteiger partial charge on any atom is -0.251 e. The Labute approximate surface area is 92.4 Å². The van der Waals surface area contributed by atoms with E-state index in [-0.39, 0.29) is 25.2 Å². The van der Waals surface area contributed by atoms with Gasteiger partial charge < -0.3 is 0 Å². The van der Waals surface area contributed by atoms with Crippen LogP contribution in [-0.4, -0.2) is 13.3 Å². The van der Waals surface area contributed by atoms with Crippen LogP contribution in [0.1, 0.15) is 46.0 Å². The van der Waals surface area contributed by atoms with E-state index in [9.17, 15) is 8.78 Å². The maximum atomic E-state index is 13.0. The maximum absolute atomic E-state index is 13.0. The van der Waals surface area contributed by atoms with Crippen LogP contribution >= 0.6 is 0 Å².